The number of rotatable bonds is 11. The van der Waals surface area contributed by atoms with Crippen LogP contribution in [0.25, 0.3) is 11.0 Å². The minimum absolute atomic E-state index is 0.392. The van der Waals surface area contributed by atoms with Crippen LogP contribution in [0.2, 0.25) is 0 Å². The van der Waals surface area contributed by atoms with Crippen molar-refractivity contribution in [3.8, 4) is 11.5 Å². The van der Waals surface area contributed by atoms with Crippen LogP contribution in [0.4, 0.5) is 0 Å². The number of nitrogens with zero attached hydrogens (tertiary/aromatic N) is 2. The Morgan fingerprint density at radius 1 is 1.13 bits per heavy atom. The average Bonchev–Trinajstić information content (AvgIpc) is 3.09. The van der Waals surface area contributed by atoms with E-state index < -0.39 is 11.9 Å². The zero-order valence-corrected chi connectivity index (χ0v) is 18.7. The first kappa shape index (κ1) is 22.8. The Kier molecular flexibility index (Phi) is 7.65. The fourth-order valence-electron chi connectivity index (χ4n) is 3.30. The molecule has 0 aliphatic rings. The van der Waals surface area contributed by atoms with Crippen molar-refractivity contribution >= 4 is 16.9 Å². The maximum Gasteiger partial charge on any atom is 0.234 e. The standard InChI is InChI=1S/C24H32N4O3/c1-5-30-13-12-28-22-14-20(31-19-8-6-18(7-9-19)16(2)3)10-11-21(22)27-23(28)15-26-17(4)24(25)29/h6-11,14,16-17,26H,5,12-13,15H2,1-4H3,(H2,25,29)/t17-/m0/s1. The second-order valence-electron chi connectivity index (χ2n) is 7.86. The molecule has 0 fully saturated rings. The summed E-state index contributed by atoms with van der Waals surface area (Å²) < 4.78 is 13.7. The van der Waals surface area contributed by atoms with Crippen molar-refractivity contribution in [2.45, 2.75) is 52.7 Å². The van der Waals surface area contributed by atoms with Crippen LogP contribution in [0.15, 0.2) is 42.5 Å². The van der Waals surface area contributed by atoms with Gasteiger partial charge in [-0.1, -0.05) is 26.0 Å². The van der Waals surface area contributed by atoms with Crippen molar-refractivity contribution < 1.29 is 14.3 Å². The summed E-state index contributed by atoms with van der Waals surface area (Å²) in [4.78, 5) is 16.1. The molecule has 1 aromatic heterocycles. The Balaban J connectivity index is 1.86. The predicted molar refractivity (Wildman–Crippen MR) is 122 cm³/mol. The Hall–Kier alpha value is -2.90. The number of fused-ring (bicyclic) bond motifs is 1. The van der Waals surface area contributed by atoms with Crippen LogP contribution in [0.3, 0.4) is 0 Å². The molecule has 3 N–H and O–H groups in total. The van der Waals surface area contributed by atoms with Crippen LogP contribution in [0.5, 0.6) is 11.5 Å². The van der Waals surface area contributed by atoms with Crippen molar-refractivity contribution in [3.05, 3.63) is 53.9 Å². The van der Waals surface area contributed by atoms with Gasteiger partial charge in [0.2, 0.25) is 5.91 Å². The summed E-state index contributed by atoms with van der Waals surface area (Å²) in [6.07, 6.45) is 0. The average molecular weight is 425 g/mol. The van der Waals surface area contributed by atoms with Crippen molar-refractivity contribution in [3.63, 3.8) is 0 Å². The Labute approximate surface area is 183 Å². The van der Waals surface area contributed by atoms with Gasteiger partial charge in [-0.25, -0.2) is 4.98 Å². The number of carbonyl (C=O) groups excluding carboxylic acids is 1. The number of carbonyl (C=O) groups is 1. The van der Waals surface area contributed by atoms with E-state index in [0.29, 0.717) is 32.2 Å². The number of imidazole rings is 1. The lowest BCUT2D eigenvalue weighted by Crippen LogP contribution is -2.38. The van der Waals surface area contributed by atoms with E-state index in [9.17, 15) is 4.79 Å². The van der Waals surface area contributed by atoms with Crippen LogP contribution < -0.4 is 15.8 Å². The van der Waals surface area contributed by atoms with E-state index in [1.54, 1.807) is 6.92 Å². The minimum atomic E-state index is -0.437. The summed E-state index contributed by atoms with van der Waals surface area (Å²) in [6, 6.07) is 13.6. The van der Waals surface area contributed by atoms with Gasteiger partial charge in [-0.2, -0.15) is 0 Å². The van der Waals surface area contributed by atoms with Crippen LogP contribution in [-0.2, 0) is 22.6 Å². The normalized spacial score (nSPS) is 12.4. The SMILES string of the molecule is CCOCCn1c(CN[C@@H](C)C(N)=O)nc2ccc(Oc3ccc(C(C)C)cc3)cc21. The first-order valence-electron chi connectivity index (χ1n) is 10.8. The summed E-state index contributed by atoms with van der Waals surface area (Å²) in [6.45, 7) is 10.4. The number of nitrogens with two attached hydrogens (primary N) is 1. The molecular weight excluding hydrogens is 392 g/mol. The van der Waals surface area contributed by atoms with Crippen LogP contribution >= 0.6 is 0 Å². The molecule has 3 rings (SSSR count). The number of aromatic nitrogens is 2. The van der Waals surface area contributed by atoms with Gasteiger partial charge in [0.1, 0.15) is 17.3 Å². The van der Waals surface area contributed by atoms with E-state index in [4.69, 9.17) is 20.2 Å². The highest BCUT2D eigenvalue weighted by Gasteiger charge is 2.15. The molecule has 0 saturated heterocycles. The van der Waals surface area contributed by atoms with Crippen LogP contribution in [0, 0.1) is 0 Å². The fraction of sp³-hybridized carbons (Fsp3) is 0.417. The number of nitrogens with one attached hydrogen (secondary N) is 1. The molecule has 0 unspecified atom stereocenters. The third-order valence-corrected chi connectivity index (χ3v) is 5.24. The molecule has 0 spiro atoms. The van der Waals surface area contributed by atoms with Gasteiger partial charge in [0.05, 0.1) is 30.2 Å². The number of benzene rings is 2. The highest BCUT2D eigenvalue weighted by molar-refractivity contribution is 5.79. The summed E-state index contributed by atoms with van der Waals surface area (Å²) in [5, 5.41) is 3.13. The second-order valence-corrected chi connectivity index (χ2v) is 7.86. The molecule has 1 heterocycles. The van der Waals surface area contributed by atoms with Gasteiger partial charge < -0.3 is 19.8 Å². The van der Waals surface area contributed by atoms with E-state index in [0.717, 1.165) is 28.4 Å². The van der Waals surface area contributed by atoms with Crippen molar-refractivity contribution in [2.24, 2.45) is 5.73 Å². The van der Waals surface area contributed by atoms with Crippen LogP contribution in [-0.4, -0.2) is 34.7 Å². The third kappa shape index (κ3) is 5.83. The summed E-state index contributed by atoms with van der Waals surface area (Å²) in [7, 11) is 0. The fourth-order valence-corrected chi connectivity index (χ4v) is 3.30. The molecular formula is C24H32N4O3. The molecule has 7 nitrogen and oxygen atoms in total. The van der Waals surface area contributed by atoms with Crippen molar-refractivity contribution in [1.29, 1.82) is 0 Å². The zero-order valence-electron chi connectivity index (χ0n) is 18.7. The van der Waals surface area contributed by atoms with Gasteiger partial charge in [0.15, 0.2) is 0 Å². The van der Waals surface area contributed by atoms with E-state index in [1.807, 2.05) is 37.3 Å². The molecule has 1 atom stereocenters. The molecule has 0 saturated carbocycles. The number of ether oxygens (including phenoxy) is 2. The number of primary amides is 1. The first-order valence-corrected chi connectivity index (χ1v) is 10.8. The number of amides is 1. The molecule has 2 aromatic carbocycles. The van der Waals surface area contributed by atoms with Gasteiger partial charge in [-0.3, -0.25) is 10.1 Å². The Morgan fingerprint density at radius 2 is 1.84 bits per heavy atom. The predicted octanol–water partition coefficient (Wildman–Crippen LogP) is 3.95. The highest BCUT2D eigenvalue weighted by atomic mass is 16.5. The zero-order chi connectivity index (χ0) is 22.4. The quantitative estimate of drug-likeness (QED) is 0.455. The smallest absolute Gasteiger partial charge is 0.234 e. The van der Waals surface area contributed by atoms with E-state index >= 15 is 0 Å². The van der Waals surface area contributed by atoms with Gasteiger partial charge in [0, 0.05) is 19.2 Å². The lowest BCUT2D eigenvalue weighted by Gasteiger charge is -2.13. The summed E-state index contributed by atoms with van der Waals surface area (Å²) in [5.74, 6) is 2.44. The minimum Gasteiger partial charge on any atom is -0.457 e. The second kappa shape index (κ2) is 10.4. The van der Waals surface area contributed by atoms with Crippen molar-refractivity contribution in [2.75, 3.05) is 13.2 Å². The topological polar surface area (TPSA) is 91.4 Å². The first-order chi connectivity index (χ1) is 14.9. The van der Waals surface area contributed by atoms with E-state index in [2.05, 4.69) is 35.9 Å². The van der Waals surface area contributed by atoms with Gasteiger partial charge >= 0.3 is 0 Å². The molecule has 3 aromatic rings. The molecule has 1 amide bonds. The van der Waals surface area contributed by atoms with E-state index in [-0.39, 0.29) is 0 Å². The van der Waals surface area contributed by atoms with Gasteiger partial charge in [-0.05, 0) is 49.6 Å². The molecule has 0 radical (unpaired) electrons. The maximum atomic E-state index is 11.4. The summed E-state index contributed by atoms with van der Waals surface area (Å²) >= 11 is 0. The molecule has 0 aliphatic heterocycles. The van der Waals surface area contributed by atoms with E-state index in [1.165, 1.54) is 5.56 Å². The Morgan fingerprint density at radius 3 is 2.48 bits per heavy atom. The number of hydrogen-bond donors (Lipinski definition) is 2. The molecule has 166 valence electrons. The molecule has 7 heteroatoms. The molecule has 0 aliphatic carbocycles. The maximum absolute atomic E-state index is 11.4. The summed E-state index contributed by atoms with van der Waals surface area (Å²) in [5.41, 5.74) is 8.46. The van der Waals surface area contributed by atoms with Crippen LogP contribution in [0.1, 0.15) is 45.0 Å². The third-order valence-electron chi connectivity index (χ3n) is 5.24. The highest BCUT2D eigenvalue weighted by Crippen LogP contribution is 2.27. The van der Waals surface area contributed by atoms with Gasteiger partial charge in [0.25, 0.3) is 0 Å². The molecule has 0 bridgehead atoms. The monoisotopic (exact) mass is 424 g/mol. The Bertz CT molecular complexity index is 1010. The lowest BCUT2D eigenvalue weighted by molar-refractivity contribution is -0.119. The van der Waals surface area contributed by atoms with Crippen molar-refractivity contribution in [1.82, 2.24) is 14.9 Å². The lowest BCUT2D eigenvalue weighted by atomic mass is 10.0. The largest absolute Gasteiger partial charge is 0.457 e. The van der Waals surface area contributed by atoms with Gasteiger partial charge in [-0.15, -0.1) is 0 Å². The number of hydrogen-bond acceptors (Lipinski definition) is 5. The molecule has 31 heavy (non-hydrogen) atoms.